The predicted octanol–water partition coefficient (Wildman–Crippen LogP) is 1.84. The Labute approximate surface area is 105 Å². The van der Waals surface area contributed by atoms with Gasteiger partial charge < -0.3 is 13.9 Å². The van der Waals surface area contributed by atoms with Crippen LogP contribution in [0.4, 0.5) is 0 Å². The maximum Gasteiger partial charge on any atom is 0.170 e. The van der Waals surface area contributed by atoms with Crippen LogP contribution in [-0.4, -0.2) is 36.9 Å². The van der Waals surface area contributed by atoms with Gasteiger partial charge in [-0.1, -0.05) is 42.5 Å². The lowest BCUT2D eigenvalue weighted by Gasteiger charge is -2.14. The van der Waals surface area contributed by atoms with Crippen LogP contribution in [0.25, 0.3) is 6.08 Å². The van der Waals surface area contributed by atoms with Gasteiger partial charge in [0.2, 0.25) is 0 Å². The molecular formula is C13H20O3Si. The third kappa shape index (κ3) is 6.38. The van der Waals surface area contributed by atoms with Crippen LogP contribution in [0.3, 0.4) is 0 Å². The van der Waals surface area contributed by atoms with Crippen molar-refractivity contribution in [3.05, 3.63) is 42.0 Å². The molecule has 1 aromatic carbocycles. The summed E-state index contributed by atoms with van der Waals surface area (Å²) in [5.41, 5.74) is 1.22. The average molecular weight is 252 g/mol. The van der Waals surface area contributed by atoms with Gasteiger partial charge in [-0.15, -0.1) is 0 Å². The quantitative estimate of drug-likeness (QED) is 0.401. The number of allylic oxidation sites excluding steroid dienone is 1. The molecule has 0 heterocycles. The smallest absolute Gasteiger partial charge is 0.170 e. The van der Waals surface area contributed by atoms with E-state index in [1.165, 1.54) is 5.56 Å². The van der Waals surface area contributed by atoms with Gasteiger partial charge in [-0.3, -0.25) is 0 Å². The van der Waals surface area contributed by atoms with Crippen molar-refractivity contribution in [2.24, 2.45) is 0 Å². The van der Waals surface area contributed by atoms with Gasteiger partial charge in [0.1, 0.15) is 0 Å². The lowest BCUT2D eigenvalue weighted by molar-refractivity contribution is -0.0926. The summed E-state index contributed by atoms with van der Waals surface area (Å²) in [5, 5.41) is 0. The summed E-state index contributed by atoms with van der Waals surface area (Å²) >= 11 is 0. The number of hydrogen-bond donors (Lipinski definition) is 0. The number of ether oxygens (including phenoxy) is 2. The van der Waals surface area contributed by atoms with Gasteiger partial charge in [0.05, 0.1) is 6.61 Å². The number of benzene rings is 1. The van der Waals surface area contributed by atoms with E-state index in [-0.39, 0.29) is 6.29 Å². The molecule has 0 saturated carbocycles. The SMILES string of the molecule is COCC(OC)O[SiH2]CC=Cc1ccccc1. The second-order valence-electron chi connectivity index (χ2n) is 3.59. The Morgan fingerprint density at radius 2 is 2.00 bits per heavy atom. The predicted molar refractivity (Wildman–Crippen MR) is 72.6 cm³/mol. The molecule has 0 aliphatic heterocycles. The average Bonchev–Trinajstić information content (AvgIpc) is 2.38. The standard InChI is InChI=1S/C13H20O3Si/c1-14-11-13(15-2)16-17-10-6-9-12-7-4-3-5-8-12/h3-9,13H,10-11,17H2,1-2H3. The summed E-state index contributed by atoms with van der Waals surface area (Å²) in [6.45, 7) is 0.492. The second-order valence-corrected chi connectivity index (χ2v) is 4.91. The first-order chi connectivity index (χ1) is 8.36. The Kier molecular flexibility index (Phi) is 7.58. The van der Waals surface area contributed by atoms with Crippen molar-refractivity contribution in [3.8, 4) is 0 Å². The van der Waals surface area contributed by atoms with Gasteiger partial charge in [-0.2, -0.15) is 0 Å². The Hall–Kier alpha value is -0.943. The van der Waals surface area contributed by atoms with Crippen molar-refractivity contribution in [3.63, 3.8) is 0 Å². The molecule has 0 saturated heterocycles. The van der Waals surface area contributed by atoms with E-state index in [1.54, 1.807) is 14.2 Å². The molecule has 1 atom stereocenters. The molecule has 1 unspecified atom stereocenters. The highest BCUT2D eigenvalue weighted by Crippen LogP contribution is 2.02. The molecular weight excluding hydrogens is 232 g/mol. The van der Waals surface area contributed by atoms with Crippen molar-refractivity contribution in [2.75, 3.05) is 20.8 Å². The first-order valence-electron chi connectivity index (χ1n) is 5.71. The fourth-order valence-electron chi connectivity index (χ4n) is 1.37. The van der Waals surface area contributed by atoms with Gasteiger partial charge in [0.25, 0.3) is 0 Å². The van der Waals surface area contributed by atoms with Crippen LogP contribution in [0.2, 0.25) is 6.04 Å². The molecule has 94 valence electrons. The summed E-state index contributed by atoms with van der Waals surface area (Å²) in [6.07, 6.45) is 4.06. The molecule has 0 aliphatic rings. The van der Waals surface area contributed by atoms with Crippen molar-refractivity contribution >= 4 is 15.8 Å². The fraction of sp³-hybridized carbons (Fsp3) is 0.385. The minimum Gasteiger partial charge on any atom is -0.398 e. The Bertz CT molecular complexity index is 314. The summed E-state index contributed by atoms with van der Waals surface area (Å²) in [7, 11) is 2.71. The van der Waals surface area contributed by atoms with E-state index in [2.05, 4.69) is 24.3 Å². The highest BCUT2D eigenvalue weighted by Gasteiger charge is 2.04. The summed E-state index contributed by atoms with van der Waals surface area (Å²) in [4.78, 5) is 0. The molecule has 0 fully saturated rings. The van der Waals surface area contributed by atoms with Crippen LogP contribution >= 0.6 is 0 Å². The maximum absolute atomic E-state index is 5.61. The third-order valence-corrected chi connectivity index (χ3v) is 3.44. The van der Waals surface area contributed by atoms with Gasteiger partial charge in [0, 0.05) is 14.2 Å². The molecule has 0 spiro atoms. The first kappa shape index (κ1) is 14.1. The van der Waals surface area contributed by atoms with Crippen molar-refractivity contribution in [2.45, 2.75) is 12.3 Å². The summed E-state index contributed by atoms with van der Waals surface area (Å²) in [6, 6.07) is 11.3. The van der Waals surface area contributed by atoms with Gasteiger partial charge >= 0.3 is 0 Å². The highest BCUT2D eigenvalue weighted by atomic mass is 28.2. The van der Waals surface area contributed by atoms with Crippen LogP contribution in [0.15, 0.2) is 36.4 Å². The monoisotopic (exact) mass is 252 g/mol. The minimum absolute atomic E-state index is 0.211. The van der Waals surface area contributed by atoms with Crippen LogP contribution in [0.5, 0.6) is 0 Å². The van der Waals surface area contributed by atoms with Crippen molar-refractivity contribution in [1.29, 1.82) is 0 Å². The molecule has 1 rings (SSSR count). The van der Waals surface area contributed by atoms with E-state index >= 15 is 0 Å². The molecule has 0 aliphatic carbocycles. The van der Waals surface area contributed by atoms with E-state index in [9.17, 15) is 0 Å². The molecule has 0 aromatic heterocycles. The molecule has 0 amide bonds. The number of rotatable bonds is 8. The summed E-state index contributed by atoms with van der Waals surface area (Å²) < 4.78 is 15.7. The van der Waals surface area contributed by atoms with Crippen molar-refractivity contribution < 1.29 is 13.9 Å². The molecule has 0 bridgehead atoms. The van der Waals surface area contributed by atoms with E-state index < -0.39 is 9.76 Å². The van der Waals surface area contributed by atoms with Gasteiger partial charge in [-0.05, 0) is 11.6 Å². The van der Waals surface area contributed by atoms with Gasteiger partial charge in [0.15, 0.2) is 16.1 Å². The Balaban J connectivity index is 2.17. The molecule has 1 aromatic rings. The fourth-order valence-corrected chi connectivity index (χ4v) is 2.31. The Morgan fingerprint density at radius 3 is 2.65 bits per heavy atom. The third-order valence-electron chi connectivity index (χ3n) is 2.26. The summed E-state index contributed by atoms with van der Waals surface area (Å²) in [5.74, 6) is 0. The second kappa shape index (κ2) is 9.12. The highest BCUT2D eigenvalue weighted by molar-refractivity contribution is 6.28. The first-order valence-corrected chi connectivity index (χ1v) is 7.29. The Morgan fingerprint density at radius 1 is 1.24 bits per heavy atom. The molecule has 3 nitrogen and oxygen atoms in total. The van der Waals surface area contributed by atoms with Crippen LogP contribution in [0.1, 0.15) is 5.56 Å². The van der Waals surface area contributed by atoms with E-state index in [0.29, 0.717) is 6.61 Å². The van der Waals surface area contributed by atoms with Crippen LogP contribution in [-0.2, 0) is 13.9 Å². The molecule has 0 radical (unpaired) electrons. The lowest BCUT2D eigenvalue weighted by Crippen LogP contribution is -2.22. The van der Waals surface area contributed by atoms with Gasteiger partial charge in [-0.25, -0.2) is 0 Å². The zero-order valence-electron chi connectivity index (χ0n) is 10.5. The zero-order valence-corrected chi connectivity index (χ0v) is 11.9. The molecule has 4 heteroatoms. The van der Waals surface area contributed by atoms with Crippen LogP contribution < -0.4 is 0 Å². The largest absolute Gasteiger partial charge is 0.398 e. The number of methoxy groups -OCH3 is 2. The molecule has 17 heavy (non-hydrogen) atoms. The van der Waals surface area contributed by atoms with E-state index in [1.807, 2.05) is 18.2 Å². The maximum atomic E-state index is 5.61. The van der Waals surface area contributed by atoms with E-state index in [4.69, 9.17) is 13.9 Å². The van der Waals surface area contributed by atoms with Crippen molar-refractivity contribution in [1.82, 2.24) is 0 Å². The minimum atomic E-state index is -0.575. The zero-order chi connectivity index (χ0) is 12.3. The number of hydrogen-bond acceptors (Lipinski definition) is 3. The van der Waals surface area contributed by atoms with E-state index in [0.717, 1.165) is 6.04 Å². The van der Waals surface area contributed by atoms with Crippen LogP contribution in [0, 0.1) is 0 Å². The lowest BCUT2D eigenvalue weighted by atomic mass is 10.2. The molecule has 0 N–H and O–H groups in total. The normalized spacial score (nSPS) is 13.8. The topological polar surface area (TPSA) is 27.7 Å².